The molecule has 0 N–H and O–H groups in total. The van der Waals surface area contributed by atoms with Gasteiger partial charge in [0.25, 0.3) is 11.8 Å². The van der Waals surface area contributed by atoms with Gasteiger partial charge in [0.15, 0.2) is 0 Å². The van der Waals surface area contributed by atoms with E-state index >= 15 is 0 Å². The lowest BCUT2D eigenvalue weighted by Crippen LogP contribution is -2.36. The zero-order valence-corrected chi connectivity index (χ0v) is 16.3. The molecule has 6 heteroatoms. The maximum absolute atomic E-state index is 12.9. The fraction of sp³-hybridized carbons (Fsp3) is 0.348. The van der Waals surface area contributed by atoms with Crippen molar-refractivity contribution in [3.63, 3.8) is 0 Å². The Balaban J connectivity index is 1.29. The van der Waals surface area contributed by atoms with Gasteiger partial charge in [-0.15, -0.1) is 0 Å². The number of amides is 3. The van der Waals surface area contributed by atoms with Crippen LogP contribution in [0.5, 0.6) is 0 Å². The van der Waals surface area contributed by atoms with Crippen LogP contribution in [-0.2, 0) is 11.2 Å². The number of hydrogen-bond donors (Lipinski definition) is 0. The molecule has 3 amide bonds. The smallest absolute Gasteiger partial charge is 0.261 e. The summed E-state index contributed by atoms with van der Waals surface area (Å²) in [5, 5.41) is 0. The third-order valence-electron chi connectivity index (χ3n) is 6.16. The van der Waals surface area contributed by atoms with Crippen LogP contribution >= 0.6 is 0 Å². The zero-order valence-electron chi connectivity index (χ0n) is 16.3. The molecule has 29 heavy (non-hydrogen) atoms. The van der Waals surface area contributed by atoms with E-state index in [1.165, 1.54) is 29.0 Å². The molecule has 1 fully saturated rings. The molecule has 6 nitrogen and oxygen atoms in total. The predicted octanol–water partition coefficient (Wildman–Crippen LogP) is 2.86. The van der Waals surface area contributed by atoms with Gasteiger partial charge in [-0.3, -0.25) is 19.3 Å². The Kier molecular flexibility index (Phi) is 4.34. The minimum Gasteiger partial charge on any atom is -0.371 e. The minimum absolute atomic E-state index is 0.0427. The normalized spacial score (nSPS) is 17.9. The first-order valence-electron chi connectivity index (χ1n) is 10.3. The van der Waals surface area contributed by atoms with Crippen LogP contribution in [0.15, 0.2) is 42.5 Å². The molecule has 0 aromatic heterocycles. The van der Waals surface area contributed by atoms with E-state index in [1.807, 2.05) is 4.90 Å². The zero-order chi connectivity index (χ0) is 20.0. The van der Waals surface area contributed by atoms with Crippen LogP contribution in [0.25, 0.3) is 0 Å². The van der Waals surface area contributed by atoms with Gasteiger partial charge in [0, 0.05) is 44.0 Å². The monoisotopic (exact) mass is 389 g/mol. The largest absolute Gasteiger partial charge is 0.371 e. The molecule has 3 aliphatic rings. The van der Waals surface area contributed by atoms with Crippen molar-refractivity contribution >= 4 is 29.1 Å². The van der Waals surface area contributed by atoms with Crippen molar-refractivity contribution in [1.29, 1.82) is 0 Å². The van der Waals surface area contributed by atoms with Gasteiger partial charge in [0.05, 0.1) is 11.1 Å². The number of imide groups is 1. The van der Waals surface area contributed by atoms with Crippen molar-refractivity contribution in [1.82, 2.24) is 4.90 Å². The van der Waals surface area contributed by atoms with Gasteiger partial charge < -0.3 is 9.80 Å². The van der Waals surface area contributed by atoms with Crippen molar-refractivity contribution in [2.75, 3.05) is 36.0 Å². The molecule has 2 aromatic rings. The summed E-state index contributed by atoms with van der Waals surface area (Å²) >= 11 is 0. The summed E-state index contributed by atoms with van der Waals surface area (Å²) in [6, 6.07) is 13.2. The summed E-state index contributed by atoms with van der Waals surface area (Å²) in [7, 11) is 0. The summed E-state index contributed by atoms with van der Waals surface area (Å²) in [6.07, 6.45) is 3.40. The predicted molar refractivity (Wildman–Crippen MR) is 110 cm³/mol. The Morgan fingerprint density at radius 2 is 1.59 bits per heavy atom. The van der Waals surface area contributed by atoms with Gasteiger partial charge in [-0.2, -0.15) is 0 Å². The molecule has 3 aliphatic heterocycles. The Morgan fingerprint density at radius 3 is 2.28 bits per heavy atom. The second-order valence-corrected chi connectivity index (χ2v) is 7.86. The lowest BCUT2D eigenvalue weighted by molar-refractivity contribution is -0.118. The van der Waals surface area contributed by atoms with Crippen LogP contribution in [0, 0.1) is 0 Å². The molecule has 0 atom stereocenters. The van der Waals surface area contributed by atoms with Crippen molar-refractivity contribution in [3.05, 3.63) is 59.2 Å². The second kappa shape index (κ2) is 7.03. The summed E-state index contributed by atoms with van der Waals surface area (Å²) in [4.78, 5) is 43.3. The number of anilines is 2. The fourth-order valence-corrected chi connectivity index (χ4v) is 4.58. The van der Waals surface area contributed by atoms with E-state index < -0.39 is 0 Å². The first-order chi connectivity index (χ1) is 14.1. The van der Waals surface area contributed by atoms with Crippen molar-refractivity contribution in [2.45, 2.75) is 25.7 Å². The SMILES string of the molecule is O=C1c2ccccc2C(=O)N1CCC(=O)N1CCc2ccc(N3CCCC3)cc21. The molecule has 0 aliphatic carbocycles. The molecular formula is C23H23N3O3. The Bertz CT molecular complexity index is 975. The van der Waals surface area contributed by atoms with Crippen LogP contribution < -0.4 is 9.80 Å². The van der Waals surface area contributed by atoms with Crippen LogP contribution in [0.3, 0.4) is 0 Å². The molecule has 0 spiro atoms. The van der Waals surface area contributed by atoms with Crippen LogP contribution in [0.4, 0.5) is 11.4 Å². The molecule has 0 radical (unpaired) electrons. The third kappa shape index (κ3) is 2.99. The lowest BCUT2D eigenvalue weighted by atomic mass is 10.1. The molecule has 148 valence electrons. The molecule has 1 saturated heterocycles. The molecule has 0 unspecified atom stereocenters. The van der Waals surface area contributed by atoms with E-state index in [0.29, 0.717) is 17.7 Å². The molecule has 5 rings (SSSR count). The van der Waals surface area contributed by atoms with Crippen LogP contribution in [0.1, 0.15) is 45.5 Å². The molecule has 3 heterocycles. The summed E-state index contributed by atoms with van der Waals surface area (Å²) in [5.74, 6) is -0.660. The number of rotatable bonds is 4. The Morgan fingerprint density at radius 1 is 0.897 bits per heavy atom. The highest BCUT2D eigenvalue weighted by atomic mass is 16.2. The Hall–Kier alpha value is -3.15. The van der Waals surface area contributed by atoms with E-state index in [0.717, 1.165) is 25.2 Å². The average molecular weight is 389 g/mol. The van der Waals surface area contributed by atoms with Gasteiger partial charge in [-0.25, -0.2) is 0 Å². The van der Waals surface area contributed by atoms with Gasteiger partial charge in [0.2, 0.25) is 5.91 Å². The van der Waals surface area contributed by atoms with Crippen LogP contribution in [-0.4, -0.2) is 48.8 Å². The number of carbonyl (C=O) groups is 3. The van der Waals surface area contributed by atoms with Crippen molar-refractivity contribution in [3.8, 4) is 0 Å². The van der Waals surface area contributed by atoms with E-state index in [2.05, 4.69) is 23.1 Å². The molecule has 0 saturated carbocycles. The molecular weight excluding hydrogens is 366 g/mol. The van der Waals surface area contributed by atoms with Gasteiger partial charge >= 0.3 is 0 Å². The highest BCUT2D eigenvalue weighted by Gasteiger charge is 2.36. The maximum Gasteiger partial charge on any atom is 0.261 e. The first kappa shape index (κ1) is 17.9. The highest BCUT2D eigenvalue weighted by Crippen LogP contribution is 2.34. The second-order valence-electron chi connectivity index (χ2n) is 7.86. The highest BCUT2D eigenvalue weighted by molar-refractivity contribution is 6.21. The van der Waals surface area contributed by atoms with Gasteiger partial charge in [-0.1, -0.05) is 18.2 Å². The van der Waals surface area contributed by atoms with E-state index in [-0.39, 0.29) is 30.7 Å². The summed E-state index contributed by atoms with van der Waals surface area (Å²) in [5.41, 5.74) is 4.17. The van der Waals surface area contributed by atoms with Crippen molar-refractivity contribution in [2.24, 2.45) is 0 Å². The third-order valence-corrected chi connectivity index (χ3v) is 6.16. The number of carbonyl (C=O) groups excluding carboxylic acids is 3. The number of benzene rings is 2. The molecule has 0 bridgehead atoms. The Labute approximate surface area is 169 Å². The van der Waals surface area contributed by atoms with Crippen LogP contribution in [0.2, 0.25) is 0 Å². The lowest BCUT2D eigenvalue weighted by Gasteiger charge is -2.22. The topological polar surface area (TPSA) is 60.9 Å². The van der Waals surface area contributed by atoms with E-state index in [4.69, 9.17) is 0 Å². The standard InChI is InChI=1S/C23H23N3O3/c27-21(10-14-26-22(28)18-5-1-2-6-19(18)23(26)29)25-13-9-16-7-8-17(15-20(16)25)24-11-3-4-12-24/h1-2,5-8,15H,3-4,9-14H2. The molecule has 2 aromatic carbocycles. The summed E-state index contributed by atoms with van der Waals surface area (Å²) in [6.45, 7) is 2.89. The summed E-state index contributed by atoms with van der Waals surface area (Å²) < 4.78 is 0. The van der Waals surface area contributed by atoms with Gasteiger partial charge in [0.1, 0.15) is 0 Å². The first-order valence-corrected chi connectivity index (χ1v) is 10.3. The van der Waals surface area contributed by atoms with Gasteiger partial charge in [-0.05, 0) is 49.1 Å². The number of fused-ring (bicyclic) bond motifs is 2. The van der Waals surface area contributed by atoms with E-state index in [9.17, 15) is 14.4 Å². The average Bonchev–Trinajstić information content (AvgIpc) is 3.46. The number of nitrogens with zero attached hydrogens (tertiary/aromatic N) is 3. The fourth-order valence-electron chi connectivity index (χ4n) is 4.58. The maximum atomic E-state index is 12.9. The van der Waals surface area contributed by atoms with E-state index in [1.54, 1.807) is 24.3 Å². The van der Waals surface area contributed by atoms with Crippen molar-refractivity contribution < 1.29 is 14.4 Å². The number of hydrogen-bond acceptors (Lipinski definition) is 4. The quantitative estimate of drug-likeness (QED) is 0.755. The minimum atomic E-state index is -0.309.